The average molecular weight is 371 g/mol. The molecule has 0 atom stereocenters. The molecule has 3 rings (SSSR count). The van der Waals surface area contributed by atoms with Gasteiger partial charge in [0.2, 0.25) is 0 Å². The van der Waals surface area contributed by atoms with Crippen LogP contribution >= 0.6 is 0 Å². The molecule has 0 fully saturated rings. The molecule has 0 radical (unpaired) electrons. The maximum atomic E-state index is 12.8. The average Bonchev–Trinajstić information content (AvgIpc) is 2.95. The van der Waals surface area contributed by atoms with Gasteiger partial charge in [-0.05, 0) is 44.7 Å². The first-order valence-electron chi connectivity index (χ1n) is 8.21. The van der Waals surface area contributed by atoms with Gasteiger partial charge in [0.05, 0.1) is 16.3 Å². The molecule has 0 aliphatic heterocycles. The minimum Gasteiger partial charge on any atom is -0.361 e. The van der Waals surface area contributed by atoms with Crippen LogP contribution in [0.3, 0.4) is 0 Å². The van der Waals surface area contributed by atoms with E-state index in [4.69, 9.17) is 4.52 Å². The standard InChI is InChI=1S/C19H21N3O3S/c1-13-19(14(2)25-21-13)17-10-9-15(12-20-3)11-18(17)22-26(23,24)16-7-5-4-6-8-16/h4-11,20,22H,12H2,1-3H3. The van der Waals surface area contributed by atoms with Crippen LogP contribution in [0.2, 0.25) is 0 Å². The molecule has 0 saturated carbocycles. The second kappa shape index (κ2) is 7.31. The summed E-state index contributed by atoms with van der Waals surface area (Å²) < 4.78 is 33.6. The van der Waals surface area contributed by atoms with Gasteiger partial charge in [-0.1, -0.05) is 35.5 Å². The molecule has 1 aromatic heterocycles. The lowest BCUT2D eigenvalue weighted by Gasteiger charge is -2.14. The molecule has 0 unspecified atom stereocenters. The summed E-state index contributed by atoms with van der Waals surface area (Å²) in [6, 6.07) is 14.0. The number of rotatable bonds is 6. The first-order valence-corrected chi connectivity index (χ1v) is 9.69. The van der Waals surface area contributed by atoms with Gasteiger partial charge >= 0.3 is 0 Å². The Morgan fingerprint density at radius 1 is 1.08 bits per heavy atom. The lowest BCUT2D eigenvalue weighted by atomic mass is 10.0. The van der Waals surface area contributed by atoms with Gasteiger partial charge in [0.1, 0.15) is 5.76 Å². The van der Waals surface area contributed by atoms with Crippen LogP contribution in [-0.4, -0.2) is 20.6 Å². The summed E-state index contributed by atoms with van der Waals surface area (Å²) in [5.41, 5.74) is 3.71. The predicted molar refractivity (Wildman–Crippen MR) is 101 cm³/mol. The van der Waals surface area contributed by atoms with Crippen LogP contribution in [0, 0.1) is 13.8 Å². The summed E-state index contributed by atoms with van der Waals surface area (Å²) in [6.45, 7) is 4.27. The van der Waals surface area contributed by atoms with E-state index in [-0.39, 0.29) is 4.90 Å². The van der Waals surface area contributed by atoms with Crippen molar-refractivity contribution in [2.45, 2.75) is 25.3 Å². The quantitative estimate of drug-likeness (QED) is 0.693. The van der Waals surface area contributed by atoms with E-state index in [9.17, 15) is 8.42 Å². The van der Waals surface area contributed by atoms with E-state index in [1.54, 1.807) is 30.3 Å². The Morgan fingerprint density at radius 2 is 1.81 bits per heavy atom. The largest absolute Gasteiger partial charge is 0.361 e. The molecule has 136 valence electrons. The van der Waals surface area contributed by atoms with Crippen LogP contribution in [0.25, 0.3) is 11.1 Å². The van der Waals surface area contributed by atoms with Crippen molar-refractivity contribution in [2.24, 2.45) is 0 Å². The van der Waals surface area contributed by atoms with Crippen molar-refractivity contribution in [3.63, 3.8) is 0 Å². The highest BCUT2D eigenvalue weighted by Gasteiger charge is 2.20. The third-order valence-electron chi connectivity index (χ3n) is 4.07. The van der Waals surface area contributed by atoms with Crippen LogP contribution in [0.1, 0.15) is 17.0 Å². The Hall–Kier alpha value is -2.64. The highest BCUT2D eigenvalue weighted by Crippen LogP contribution is 2.35. The first kappa shape index (κ1) is 18.2. The fourth-order valence-corrected chi connectivity index (χ4v) is 3.97. The van der Waals surface area contributed by atoms with E-state index in [0.29, 0.717) is 23.7 Å². The second-order valence-electron chi connectivity index (χ2n) is 6.03. The van der Waals surface area contributed by atoms with Crippen molar-refractivity contribution in [1.29, 1.82) is 0 Å². The number of anilines is 1. The number of sulfonamides is 1. The Balaban J connectivity index is 2.11. The number of aryl methyl sites for hydroxylation is 2. The Kier molecular flexibility index (Phi) is 5.11. The lowest BCUT2D eigenvalue weighted by Crippen LogP contribution is -2.14. The van der Waals surface area contributed by atoms with E-state index in [1.807, 2.05) is 39.1 Å². The van der Waals surface area contributed by atoms with E-state index >= 15 is 0 Å². The van der Waals surface area contributed by atoms with Gasteiger partial charge in [-0.15, -0.1) is 0 Å². The molecule has 6 nitrogen and oxygen atoms in total. The summed E-state index contributed by atoms with van der Waals surface area (Å²) in [7, 11) is -1.86. The smallest absolute Gasteiger partial charge is 0.261 e. The lowest BCUT2D eigenvalue weighted by molar-refractivity contribution is 0.393. The fraction of sp³-hybridized carbons (Fsp3) is 0.211. The van der Waals surface area contributed by atoms with Gasteiger partial charge in [0, 0.05) is 17.7 Å². The Labute approximate surface area is 153 Å². The molecular formula is C19H21N3O3S. The SMILES string of the molecule is CNCc1ccc(-c2c(C)noc2C)c(NS(=O)(=O)c2ccccc2)c1. The molecule has 0 saturated heterocycles. The van der Waals surface area contributed by atoms with E-state index < -0.39 is 10.0 Å². The minimum absolute atomic E-state index is 0.212. The molecule has 3 aromatic rings. The van der Waals surface area contributed by atoms with Crippen LogP contribution in [0.5, 0.6) is 0 Å². The maximum Gasteiger partial charge on any atom is 0.261 e. The second-order valence-corrected chi connectivity index (χ2v) is 7.71. The molecular weight excluding hydrogens is 350 g/mol. The molecule has 2 N–H and O–H groups in total. The molecule has 7 heteroatoms. The van der Waals surface area contributed by atoms with Gasteiger partial charge in [-0.2, -0.15) is 0 Å². The summed E-state index contributed by atoms with van der Waals surface area (Å²) in [6.07, 6.45) is 0. The predicted octanol–water partition coefficient (Wildman–Crippen LogP) is 3.48. The topological polar surface area (TPSA) is 84.2 Å². The van der Waals surface area contributed by atoms with E-state index in [2.05, 4.69) is 15.2 Å². The van der Waals surface area contributed by atoms with Crippen LogP contribution in [0.15, 0.2) is 57.9 Å². The zero-order chi connectivity index (χ0) is 18.7. The third kappa shape index (κ3) is 3.63. The van der Waals surface area contributed by atoms with Crippen molar-refractivity contribution < 1.29 is 12.9 Å². The number of aromatic nitrogens is 1. The van der Waals surface area contributed by atoms with Crippen LogP contribution < -0.4 is 10.0 Å². The zero-order valence-corrected chi connectivity index (χ0v) is 15.7. The van der Waals surface area contributed by atoms with Gasteiger partial charge in [0.15, 0.2) is 0 Å². The number of benzene rings is 2. The number of hydrogen-bond donors (Lipinski definition) is 2. The summed E-state index contributed by atoms with van der Waals surface area (Å²) in [5, 5.41) is 7.06. The number of nitrogens with one attached hydrogen (secondary N) is 2. The third-order valence-corrected chi connectivity index (χ3v) is 5.45. The molecule has 26 heavy (non-hydrogen) atoms. The summed E-state index contributed by atoms with van der Waals surface area (Å²) >= 11 is 0. The van der Waals surface area contributed by atoms with Crippen LogP contribution in [-0.2, 0) is 16.6 Å². The van der Waals surface area contributed by atoms with Gasteiger partial charge < -0.3 is 9.84 Å². The van der Waals surface area contributed by atoms with Crippen molar-refractivity contribution in [1.82, 2.24) is 10.5 Å². The van der Waals surface area contributed by atoms with Crippen molar-refractivity contribution in [3.05, 3.63) is 65.5 Å². The molecule has 0 aliphatic rings. The van der Waals surface area contributed by atoms with Crippen molar-refractivity contribution >= 4 is 15.7 Å². The van der Waals surface area contributed by atoms with Crippen molar-refractivity contribution in [2.75, 3.05) is 11.8 Å². The van der Waals surface area contributed by atoms with Gasteiger partial charge in [-0.25, -0.2) is 8.42 Å². The Morgan fingerprint density at radius 3 is 2.42 bits per heavy atom. The highest BCUT2D eigenvalue weighted by molar-refractivity contribution is 7.92. The maximum absolute atomic E-state index is 12.8. The molecule has 0 bridgehead atoms. The van der Waals surface area contributed by atoms with Crippen LogP contribution in [0.4, 0.5) is 5.69 Å². The minimum atomic E-state index is -3.71. The van der Waals surface area contributed by atoms with E-state index in [1.165, 1.54) is 0 Å². The number of nitrogens with zero attached hydrogens (tertiary/aromatic N) is 1. The Bertz CT molecular complexity index is 992. The molecule has 0 aliphatic carbocycles. The molecule has 1 heterocycles. The molecule has 0 amide bonds. The first-order chi connectivity index (χ1) is 12.4. The van der Waals surface area contributed by atoms with E-state index in [0.717, 1.165) is 16.7 Å². The summed E-state index contributed by atoms with van der Waals surface area (Å²) in [4.78, 5) is 0.212. The monoisotopic (exact) mass is 371 g/mol. The highest BCUT2D eigenvalue weighted by atomic mass is 32.2. The van der Waals surface area contributed by atoms with Crippen molar-refractivity contribution in [3.8, 4) is 11.1 Å². The fourth-order valence-electron chi connectivity index (χ4n) is 2.88. The molecule has 0 spiro atoms. The number of hydrogen-bond acceptors (Lipinski definition) is 5. The molecule has 2 aromatic carbocycles. The summed E-state index contributed by atoms with van der Waals surface area (Å²) in [5.74, 6) is 0.643. The normalized spacial score (nSPS) is 11.5. The van der Waals surface area contributed by atoms with Gasteiger partial charge in [0.25, 0.3) is 10.0 Å². The van der Waals surface area contributed by atoms with Gasteiger partial charge in [-0.3, -0.25) is 4.72 Å². The zero-order valence-electron chi connectivity index (χ0n) is 14.9.